The largest absolute Gasteiger partial charge is 0.469 e. The zero-order chi connectivity index (χ0) is 18.8. The summed E-state index contributed by atoms with van der Waals surface area (Å²) in [4.78, 5) is 19.9. The highest BCUT2D eigenvalue weighted by Crippen LogP contribution is 2.26. The first-order valence-corrected chi connectivity index (χ1v) is 9.33. The molecule has 1 amide bonds. The molecule has 0 aliphatic heterocycles. The van der Waals surface area contributed by atoms with Gasteiger partial charge in [-0.2, -0.15) is 0 Å². The molecule has 1 atom stereocenters. The molecule has 0 aliphatic rings. The van der Waals surface area contributed by atoms with Gasteiger partial charge in [0.05, 0.1) is 34.7 Å². The van der Waals surface area contributed by atoms with Crippen LogP contribution in [-0.4, -0.2) is 31.8 Å². The van der Waals surface area contributed by atoms with Crippen molar-refractivity contribution in [1.29, 1.82) is 0 Å². The Morgan fingerprint density at radius 1 is 1.30 bits per heavy atom. The van der Waals surface area contributed by atoms with Crippen molar-refractivity contribution < 1.29 is 13.6 Å². The van der Waals surface area contributed by atoms with Crippen molar-refractivity contribution in [2.45, 2.75) is 25.1 Å². The van der Waals surface area contributed by atoms with E-state index in [1.807, 2.05) is 38.1 Å². The fourth-order valence-electron chi connectivity index (χ4n) is 2.64. The second-order valence-electron chi connectivity index (χ2n) is 5.98. The average molecular weight is 383 g/mol. The van der Waals surface area contributed by atoms with Crippen molar-refractivity contribution in [2.24, 2.45) is 0 Å². The molecule has 0 aliphatic carbocycles. The standard InChI is InChI=1S/C18H17N5O3S/c1-10(16-20-13-5-3-4-6-14(13)21-16)19-15(24)9-27-18-23-22-17(26-18)12-7-8-25-11(12)2/h3-8,10H,9H2,1-2H3,(H,19,24)(H,20,21). The van der Waals surface area contributed by atoms with Crippen LogP contribution in [-0.2, 0) is 4.79 Å². The molecule has 3 heterocycles. The molecule has 0 bridgehead atoms. The number of nitrogens with zero attached hydrogens (tertiary/aromatic N) is 3. The Morgan fingerprint density at radius 3 is 2.93 bits per heavy atom. The fraction of sp³-hybridized carbons (Fsp3) is 0.222. The number of amides is 1. The summed E-state index contributed by atoms with van der Waals surface area (Å²) in [7, 11) is 0. The third kappa shape index (κ3) is 3.72. The van der Waals surface area contributed by atoms with Gasteiger partial charge in [-0.3, -0.25) is 4.79 Å². The predicted molar refractivity (Wildman–Crippen MR) is 100 cm³/mol. The highest BCUT2D eigenvalue weighted by atomic mass is 32.2. The Bertz CT molecular complexity index is 1050. The van der Waals surface area contributed by atoms with Gasteiger partial charge in [0, 0.05) is 0 Å². The number of fused-ring (bicyclic) bond motifs is 1. The third-order valence-electron chi connectivity index (χ3n) is 4.02. The average Bonchev–Trinajstić information content (AvgIpc) is 3.38. The lowest BCUT2D eigenvalue weighted by atomic mass is 10.3. The lowest BCUT2D eigenvalue weighted by Gasteiger charge is -2.10. The number of H-pyrrole nitrogens is 1. The van der Waals surface area contributed by atoms with E-state index < -0.39 is 0 Å². The molecular formula is C18H17N5O3S. The lowest BCUT2D eigenvalue weighted by Crippen LogP contribution is -2.28. The summed E-state index contributed by atoms with van der Waals surface area (Å²) < 4.78 is 10.8. The van der Waals surface area contributed by atoms with E-state index in [0.29, 0.717) is 22.7 Å². The quantitative estimate of drug-likeness (QED) is 0.490. The lowest BCUT2D eigenvalue weighted by molar-refractivity contribution is -0.119. The van der Waals surface area contributed by atoms with Gasteiger partial charge < -0.3 is 19.1 Å². The number of hydrogen-bond acceptors (Lipinski definition) is 7. The van der Waals surface area contributed by atoms with Crippen molar-refractivity contribution in [3.05, 3.63) is 48.2 Å². The molecule has 138 valence electrons. The number of thioether (sulfide) groups is 1. The van der Waals surface area contributed by atoms with Crippen molar-refractivity contribution >= 4 is 28.7 Å². The number of nitrogens with one attached hydrogen (secondary N) is 2. The van der Waals surface area contributed by atoms with Crippen molar-refractivity contribution in [3.63, 3.8) is 0 Å². The highest BCUT2D eigenvalue weighted by molar-refractivity contribution is 7.99. The molecule has 0 saturated heterocycles. The Balaban J connectivity index is 1.34. The van der Waals surface area contributed by atoms with Gasteiger partial charge in [0.25, 0.3) is 11.1 Å². The molecule has 3 aromatic heterocycles. The summed E-state index contributed by atoms with van der Waals surface area (Å²) in [5.41, 5.74) is 2.56. The van der Waals surface area contributed by atoms with Crippen molar-refractivity contribution in [2.75, 3.05) is 5.75 Å². The number of imidazole rings is 1. The molecule has 0 fully saturated rings. The number of carbonyl (C=O) groups excluding carboxylic acids is 1. The van der Waals surface area contributed by atoms with Gasteiger partial charge in [0.15, 0.2) is 0 Å². The summed E-state index contributed by atoms with van der Waals surface area (Å²) in [6.07, 6.45) is 1.56. The van der Waals surface area contributed by atoms with E-state index in [4.69, 9.17) is 8.83 Å². The fourth-order valence-corrected chi connectivity index (χ4v) is 3.21. The molecule has 9 heteroatoms. The number of furan rings is 1. The molecule has 4 aromatic rings. The Kier molecular flexibility index (Phi) is 4.68. The second-order valence-corrected chi connectivity index (χ2v) is 6.91. The smallest absolute Gasteiger partial charge is 0.277 e. The molecule has 4 rings (SSSR count). The van der Waals surface area contributed by atoms with Crippen LogP contribution in [0.1, 0.15) is 24.6 Å². The van der Waals surface area contributed by atoms with Gasteiger partial charge in [-0.1, -0.05) is 23.9 Å². The van der Waals surface area contributed by atoms with Crippen LogP contribution in [0.5, 0.6) is 0 Å². The Labute approximate surface area is 158 Å². The molecule has 0 radical (unpaired) electrons. The van der Waals surface area contributed by atoms with Crippen LogP contribution in [0, 0.1) is 6.92 Å². The van der Waals surface area contributed by atoms with Gasteiger partial charge in [0.2, 0.25) is 5.91 Å². The van der Waals surface area contributed by atoms with E-state index >= 15 is 0 Å². The minimum Gasteiger partial charge on any atom is -0.469 e. The summed E-state index contributed by atoms with van der Waals surface area (Å²) >= 11 is 1.18. The molecular weight excluding hydrogens is 366 g/mol. The zero-order valence-electron chi connectivity index (χ0n) is 14.7. The van der Waals surface area contributed by atoms with Crippen molar-refractivity contribution in [3.8, 4) is 11.5 Å². The number of aromatic amines is 1. The van der Waals surface area contributed by atoms with E-state index in [2.05, 4.69) is 25.5 Å². The monoisotopic (exact) mass is 383 g/mol. The highest BCUT2D eigenvalue weighted by Gasteiger charge is 2.16. The van der Waals surface area contributed by atoms with Crippen LogP contribution < -0.4 is 5.32 Å². The molecule has 0 spiro atoms. The van der Waals surface area contributed by atoms with Crippen molar-refractivity contribution in [1.82, 2.24) is 25.5 Å². The first kappa shape index (κ1) is 17.3. The predicted octanol–water partition coefficient (Wildman–Crippen LogP) is 3.48. The van der Waals surface area contributed by atoms with Crippen LogP contribution in [0.15, 0.2) is 50.7 Å². The molecule has 1 unspecified atom stereocenters. The Morgan fingerprint density at radius 2 is 2.15 bits per heavy atom. The number of hydrogen-bond donors (Lipinski definition) is 2. The zero-order valence-corrected chi connectivity index (χ0v) is 15.5. The summed E-state index contributed by atoms with van der Waals surface area (Å²) in [5, 5.41) is 11.2. The molecule has 2 N–H and O–H groups in total. The minimum absolute atomic E-state index is 0.146. The number of carbonyl (C=O) groups is 1. The van der Waals surface area contributed by atoms with Gasteiger partial charge in [0.1, 0.15) is 11.6 Å². The van der Waals surface area contributed by atoms with Gasteiger partial charge >= 0.3 is 0 Å². The molecule has 27 heavy (non-hydrogen) atoms. The van der Waals surface area contributed by atoms with Crippen LogP contribution in [0.3, 0.4) is 0 Å². The molecule has 0 saturated carbocycles. The first-order chi connectivity index (χ1) is 13.1. The van der Waals surface area contributed by atoms with E-state index in [-0.39, 0.29) is 17.7 Å². The maximum Gasteiger partial charge on any atom is 0.277 e. The Hall–Kier alpha value is -3.07. The van der Waals surface area contributed by atoms with Crippen LogP contribution >= 0.6 is 11.8 Å². The maximum absolute atomic E-state index is 12.2. The third-order valence-corrected chi connectivity index (χ3v) is 4.84. The number of benzene rings is 1. The topological polar surface area (TPSA) is 110 Å². The maximum atomic E-state index is 12.2. The van der Waals surface area contributed by atoms with E-state index in [9.17, 15) is 4.79 Å². The number of rotatable bonds is 6. The van der Waals surface area contributed by atoms with Gasteiger partial charge in [-0.25, -0.2) is 4.98 Å². The van der Waals surface area contributed by atoms with Crippen LogP contribution in [0.25, 0.3) is 22.5 Å². The summed E-state index contributed by atoms with van der Waals surface area (Å²) in [5.74, 6) is 1.81. The second kappa shape index (κ2) is 7.28. The molecule has 1 aromatic carbocycles. The van der Waals surface area contributed by atoms with E-state index in [0.717, 1.165) is 16.6 Å². The molecule has 8 nitrogen and oxygen atoms in total. The normalized spacial score (nSPS) is 12.4. The van der Waals surface area contributed by atoms with Crippen LogP contribution in [0.2, 0.25) is 0 Å². The summed E-state index contributed by atoms with van der Waals surface area (Å²) in [6.45, 7) is 3.70. The van der Waals surface area contributed by atoms with Crippen LogP contribution in [0.4, 0.5) is 0 Å². The first-order valence-electron chi connectivity index (χ1n) is 8.35. The summed E-state index contributed by atoms with van der Waals surface area (Å²) in [6, 6.07) is 9.26. The van der Waals surface area contributed by atoms with Gasteiger partial charge in [-0.15, -0.1) is 10.2 Å². The minimum atomic E-state index is -0.239. The number of aromatic nitrogens is 4. The number of aryl methyl sites for hydroxylation is 1. The van der Waals surface area contributed by atoms with E-state index in [1.165, 1.54) is 11.8 Å². The van der Waals surface area contributed by atoms with Gasteiger partial charge in [-0.05, 0) is 32.0 Å². The van der Waals surface area contributed by atoms with E-state index in [1.54, 1.807) is 12.3 Å². The number of para-hydroxylation sites is 2. The SMILES string of the molecule is Cc1occc1-c1nnc(SCC(=O)NC(C)c2nc3ccccc3[nH]2)o1.